The van der Waals surface area contributed by atoms with Gasteiger partial charge in [-0.1, -0.05) is 24.3 Å². The second kappa shape index (κ2) is 7.44. The lowest BCUT2D eigenvalue weighted by atomic mass is 9.97. The maximum absolute atomic E-state index is 6.43. The van der Waals surface area contributed by atoms with Gasteiger partial charge < -0.3 is 14.2 Å². The summed E-state index contributed by atoms with van der Waals surface area (Å²) < 4.78 is 17.7. The molecule has 29 heavy (non-hydrogen) atoms. The van der Waals surface area contributed by atoms with Crippen LogP contribution in [-0.2, 0) is 0 Å². The first kappa shape index (κ1) is 18.1. The molecule has 0 saturated carbocycles. The number of fused-ring (bicyclic) bond motifs is 3. The predicted octanol–water partition coefficient (Wildman–Crippen LogP) is 5.40. The number of para-hydroxylation sites is 1. The van der Waals surface area contributed by atoms with Gasteiger partial charge in [0, 0.05) is 17.5 Å². The van der Waals surface area contributed by atoms with Crippen LogP contribution < -0.4 is 14.2 Å². The van der Waals surface area contributed by atoms with E-state index < -0.39 is 0 Å². The normalized spacial score (nSPS) is 19.8. The molecule has 0 spiro atoms. The number of rotatable bonds is 5. The molecule has 0 N–H and O–H groups in total. The number of benzene rings is 2. The monoisotopic (exact) mass is 406 g/mol. The summed E-state index contributed by atoms with van der Waals surface area (Å²) in [6.45, 7) is 2.54. The Morgan fingerprint density at radius 3 is 2.83 bits per heavy atom. The molecule has 2 atom stereocenters. The largest absolute Gasteiger partial charge is 0.493 e. The summed E-state index contributed by atoms with van der Waals surface area (Å²) in [5.41, 5.74) is 3.27. The Morgan fingerprint density at radius 2 is 2.03 bits per heavy atom. The van der Waals surface area contributed by atoms with Gasteiger partial charge in [0.15, 0.2) is 11.5 Å². The van der Waals surface area contributed by atoms with E-state index in [1.54, 1.807) is 18.4 Å². The average molecular weight is 407 g/mol. The van der Waals surface area contributed by atoms with E-state index in [0.29, 0.717) is 18.1 Å². The first-order valence-corrected chi connectivity index (χ1v) is 10.6. The van der Waals surface area contributed by atoms with Gasteiger partial charge in [0.1, 0.15) is 5.75 Å². The molecule has 5 rings (SSSR count). The van der Waals surface area contributed by atoms with Crippen LogP contribution in [0.1, 0.15) is 41.6 Å². The molecule has 3 heterocycles. The Bertz CT molecular complexity index is 1050. The lowest BCUT2D eigenvalue weighted by Gasteiger charge is -2.38. The lowest BCUT2D eigenvalue weighted by molar-refractivity contribution is -0.0191. The third-order valence-electron chi connectivity index (χ3n) is 5.28. The third kappa shape index (κ3) is 3.13. The van der Waals surface area contributed by atoms with Crippen LogP contribution in [0.25, 0.3) is 0 Å². The molecular weight excluding hydrogens is 384 g/mol. The smallest absolute Gasteiger partial charge is 0.214 e. The molecule has 0 fully saturated rings. The zero-order valence-corrected chi connectivity index (χ0v) is 17.2. The first-order chi connectivity index (χ1) is 14.3. The molecule has 0 aliphatic carbocycles. The molecule has 148 valence electrons. The Morgan fingerprint density at radius 1 is 1.14 bits per heavy atom. The summed E-state index contributed by atoms with van der Waals surface area (Å²) in [4.78, 5) is 1.21. The van der Waals surface area contributed by atoms with Gasteiger partial charge in [0.05, 0.1) is 30.3 Å². The Labute approximate surface area is 174 Å². The maximum Gasteiger partial charge on any atom is 0.214 e. The first-order valence-electron chi connectivity index (χ1n) is 9.74. The fourth-order valence-corrected chi connectivity index (χ4v) is 4.68. The van der Waals surface area contributed by atoms with Gasteiger partial charge in [-0.25, -0.2) is 5.01 Å². The van der Waals surface area contributed by atoms with Gasteiger partial charge in [-0.05, 0) is 42.6 Å². The van der Waals surface area contributed by atoms with E-state index in [1.165, 1.54) is 10.4 Å². The van der Waals surface area contributed by atoms with Crippen molar-refractivity contribution in [3.8, 4) is 17.2 Å². The van der Waals surface area contributed by atoms with Gasteiger partial charge >= 0.3 is 0 Å². The van der Waals surface area contributed by atoms with Gasteiger partial charge in [0.25, 0.3) is 0 Å². The van der Waals surface area contributed by atoms with Crippen LogP contribution in [0.15, 0.2) is 65.1 Å². The van der Waals surface area contributed by atoms with Crippen molar-refractivity contribution in [2.75, 3.05) is 13.7 Å². The molecule has 3 aromatic rings. The van der Waals surface area contributed by atoms with Crippen molar-refractivity contribution >= 4 is 17.0 Å². The van der Waals surface area contributed by atoms with Crippen LogP contribution in [0.2, 0.25) is 0 Å². The average Bonchev–Trinajstić information content (AvgIpc) is 3.43. The van der Waals surface area contributed by atoms with Crippen molar-refractivity contribution in [1.29, 1.82) is 0 Å². The van der Waals surface area contributed by atoms with Gasteiger partial charge in [0.2, 0.25) is 6.23 Å². The molecule has 2 aromatic carbocycles. The summed E-state index contributed by atoms with van der Waals surface area (Å²) >= 11 is 1.72. The summed E-state index contributed by atoms with van der Waals surface area (Å²) in [5.74, 6) is 2.34. The predicted molar refractivity (Wildman–Crippen MR) is 114 cm³/mol. The molecule has 1 aromatic heterocycles. The minimum Gasteiger partial charge on any atom is -0.493 e. The maximum atomic E-state index is 6.43. The minimum absolute atomic E-state index is 0.152. The van der Waals surface area contributed by atoms with E-state index in [1.807, 2.05) is 37.3 Å². The quantitative estimate of drug-likeness (QED) is 0.569. The summed E-state index contributed by atoms with van der Waals surface area (Å²) in [6.07, 6.45) is 0.545. The summed E-state index contributed by atoms with van der Waals surface area (Å²) in [6, 6.07) is 18.5. The van der Waals surface area contributed by atoms with E-state index in [-0.39, 0.29) is 12.3 Å². The number of hydrogen-bond acceptors (Lipinski definition) is 6. The molecule has 2 aliphatic heterocycles. The number of ether oxygens (including phenoxy) is 3. The van der Waals surface area contributed by atoms with Crippen LogP contribution in [0, 0.1) is 0 Å². The van der Waals surface area contributed by atoms with E-state index >= 15 is 0 Å². The minimum atomic E-state index is -0.322. The molecule has 0 saturated heterocycles. The van der Waals surface area contributed by atoms with Crippen LogP contribution in [-0.4, -0.2) is 24.4 Å². The second-order valence-electron chi connectivity index (χ2n) is 6.98. The Hall–Kier alpha value is -2.99. The molecule has 5 nitrogen and oxygen atoms in total. The molecule has 0 amide bonds. The number of nitrogens with zero attached hydrogens (tertiary/aromatic N) is 2. The standard InChI is InChI=1S/C23H22N2O3S/c1-3-27-21-13-15(10-11-20(21)26-2)23-25-18(16-7-4-5-8-19(16)28-23)14-17(24-25)22-9-6-12-29-22/h4-13,18,23H,3,14H2,1-2H3/t18-,23-/m0/s1. The van der Waals surface area contributed by atoms with Crippen LogP contribution in [0.5, 0.6) is 17.2 Å². The number of thiophene rings is 1. The fourth-order valence-electron chi connectivity index (χ4n) is 3.96. The number of hydrogen-bond donors (Lipinski definition) is 0. The molecular formula is C23H22N2O3S. The van der Waals surface area contributed by atoms with Gasteiger partial charge in [-0.15, -0.1) is 11.3 Å². The summed E-state index contributed by atoms with van der Waals surface area (Å²) in [5, 5.41) is 9.18. The van der Waals surface area contributed by atoms with Crippen molar-refractivity contribution in [3.05, 3.63) is 76.0 Å². The van der Waals surface area contributed by atoms with Crippen molar-refractivity contribution in [1.82, 2.24) is 5.01 Å². The molecule has 0 unspecified atom stereocenters. The van der Waals surface area contributed by atoms with Crippen molar-refractivity contribution in [2.24, 2.45) is 5.10 Å². The Kier molecular flexibility index (Phi) is 4.64. The molecule has 0 radical (unpaired) electrons. The van der Waals surface area contributed by atoms with Crippen molar-refractivity contribution < 1.29 is 14.2 Å². The van der Waals surface area contributed by atoms with E-state index in [2.05, 4.69) is 34.7 Å². The van der Waals surface area contributed by atoms with Crippen LogP contribution in [0.4, 0.5) is 0 Å². The zero-order chi connectivity index (χ0) is 19.8. The third-order valence-corrected chi connectivity index (χ3v) is 6.20. The van der Waals surface area contributed by atoms with Crippen molar-refractivity contribution in [2.45, 2.75) is 25.6 Å². The number of methoxy groups -OCH3 is 1. The van der Waals surface area contributed by atoms with Crippen LogP contribution >= 0.6 is 11.3 Å². The molecule has 6 heteroatoms. The fraction of sp³-hybridized carbons (Fsp3) is 0.261. The molecule has 2 aliphatic rings. The second-order valence-corrected chi connectivity index (χ2v) is 7.92. The van der Waals surface area contributed by atoms with Gasteiger partial charge in [-0.2, -0.15) is 5.10 Å². The summed E-state index contributed by atoms with van der Waals surface area (Å²) in [7, 11) is 1.65. The highest BCUT2D eigenvalue weighted by Gasteiger charge is 2.41. The highest BCUT2D eigenvalue weighted by atomic mass is 32.1. The van der Waals surface area contributed by atoms with E-state index in [0.717, 1.165) is 23.4 Å². The zero-order valence-electron chi connectivity index (χ0n) is 16.4. The number of hydrazone groups is 1. The van der Waals surface area contributed by atoms with E-state index in [4.69, 9.17) is 19.3 Å². The van der Waals surface area contributed by atoms with Crippen molar-refractivity contribution in [3.63, 3.8) is 0 Å². The lowest BCUT2D eigenvalue weighted by Crippen LogP contribution is -2.33. The highest BCUT2D eigenvalue weighted by Crippen LogP contribution is 2.48. The Balaban J connectivity index is 1.58. The van der Waals surface area contributed by atoms with Crippen LogP contribution in [0.3, 0.4) is 0 Å². The van der Waals surface area contributed by atoms with Gasteiger partial charge in [-0.3, -0.25) is 0 Å². The SMILES string of the molecule is CCOc1cc([C@@H]2Oc3ccccc3[C@@H]3CC(c4cccs4)=NN32)ccc1OC. The van der Waals surface area contributed by atoms with E-state index in [9.17, 15) is 0 Å². The molecule has 0 bridgehead atoms. The highest BCUT2D eigenvalue weighted by molar-refractivity contribution is 7.12. The topological polar surface area (TPSA) is 43.3 Å².